The molecule has 7 heterocycles. The number of nitrogens with zero attached hydrogens (tertiary/aromatic N) is 4. The molecule has 1 aliphatic carbocycles. The number of amides is 4. The molecule has 0 bridgehead atoms. The number of alkyl carbamates (subject to hydrolysis) is 2. The van der Waals surface area contributed by atoms with Crippen LogP contribution in [0.25, 0.3) is 32.3 Å². The number of aromatic amines is 2. The lowest BCUT2D eigenvalue weighted by atomic mass is 9.90. The lowest BCUT2D eigenvalue weighted by molar-refractivity contribution is -0.137. The van der Waals surface area contributed by atoms with Gasteiger partial charge in [-0.05, 0) is 105 Å². The minimum atomic E-state index is -0.685. The van der Waals surface area contributed by atoms with Gasteiger partial charge in [-0.15, -0.1) is 11.3 Å². The van der Waals surface area contributed by atoms with E-state index in [-0.39, 0.29) is 35.7 Å². The summed E-state index contributed by atoms with van der Waals surface area (Å²) < 4.78 is 20.9. The topological polar surface area (TPSA) is 193 Å². The zero-order valence-corrected chi connectivity index (χ0v) is 36.2. The van der Waals surface area contributed by atoms with Crippen molar-refractivity contribution in [3.8, 4) is 32.3 Å². The molecule has 17 heteroatoms. The van der Waals surface area contributed by atoms with Crippen LogP contribution in [-0.2, 0) is 41.4 Å². The van der Waals surface area contributed by atoms with Gasteiger partial charge in [0.15, 0.2) is 0 Å². The molecule has 4 fully saturated rings. The molecule has 4 aliphatic heterocycles. The van der Waals surface area contributed by atoms with Gasteiger partial charge in [-0.2, -0.15) is 0 Å². The Morgan fingerprint density at radius 3 is 1.65 bits per heavy atom. The molecule has 0 spiro atoms. The number of hydrogen-bond donors (Lipinski definition) is 4. The number of carbonyl (C=O) groups is 4. The number of carbonyl (C=O) groups excluding carboxylic acids is 4. The maximum atomic E-state index is 14.1. The zero-order chi connectivity index (χ0) is 42.7. The Kier molecular flexibility index (Phi) is 12.6. The number of rotatable bonds is 11. The molecule has 4 N–H and O–H groups in total. The quantitative estimate of drug-likeness (QED) is 0.133. The normalized spacial score (nSPS) is 21.7. The van der Waals surface area contributed by atoms with Crippen LogP contribution in [0.1, 0.15) is 92.6 Å². The fraction of sp³-hybridized carbons (Fsp3) is 0.556. The summed E-state index contributed by atoms with van der Waals surface area (Å²) >= 11 is 1.78. The fourth-order valence-electron chi connectivity index (χ4n) is 10.2. The second-order valence-electron chi connectivity index (χ2n) is 17.0. The maximum Gasteiger partial charge on any atom is 0.407 e. The second kappa shape index (κ2) is 18.6. The van der Waals surface area contributed by atoms with E-state index in [4.69, 9.17) is 28.9 Å². The number of likely N-dealkylation sites (tertiary alicyclic amines) is 2. The van der Waals surface area contributed by atoms with Crippen molar-refractivity contribution in [1.82, 2.24) is 40.4 Å². The average molecular weight is 869 g/mol. The molecule has 62 heavy (non-hydrogen) atoms. The first-order valence-corrected chi connectivity index (χ1v) is 22.9. The third kappa shape index (κ3) is 8.45. The third-order valence-corrected chi connectivity index (χ3v) is 14.8. The smallest absolute Gasteiger partial charge is 0.407 e. The van der Waals surface area contributed by atoms with Crippen molar-refractivity contribution >= 4 is 35.3 Å². The predicted octanol–water partition coefficient (Wildman–Crippen LogP) is 6.31. The first-order valence-electron chi connectivity index (χ1n) is 22.1. The van der Waals surface area contributed by atoms with Gasteiger partial charge in [0, 0.05) is 44.4 Å². The van der Waals surface area contributed by atoms with Crippen molar-refractivity contribution in [2.75, 3.05) is 53.7 Å². The number of nitrogens with one attached hydrogen (secondary N) is 4. The van der Waals surface area contributed by atoms with Crippen LogP contribution in [0, 0.1) is 11.8 Å². The molecule has 9 rings (SSSR count). The van der Waals surface area contributed by atoms with E-state index < -0.39 is 24.3 Å². The summed E-state index contributed by atoms with van der Waals surface area (Å²) in [5, 5.41) is 5.67. The highest BCUT2D eigenvalue weighted by molar-refractivity contribution is 7.19. The van der Waals surface area contributed by atoms with Gasteiger partial charge in [-0.25, -0.2) is 19.6 Å². The van der Waals surface area contributed by atoms with Crippen LogP contribution in [-0.4, -0.2) is 120 Å². The van der Waals surface area contributed by atoms with Crippen molar-refractivity contribution in [3.05, 3.63) is 59.4 Å². The summed E-state index contributed by atoms with van der Waals surface area (Å²) in [6.07, 6.45) is 11.7. The van der Waals surface area contributed by atoms with Crippen molar-refractivity contribution in [2.45, 2.75) is 94.8 Å². The summed E-state index contributed by atoms with van der Waals surface area (Å²) in [5.41, 5.74) is 6.73. The van der Waals surface area contributed by atoms with Crippen LogP contribution in [0.2, 0.25) is 0 Å². The number of hydrogen-bond acceptors (Lipinski definition) is 11. The van der Waals surface area contributed by atoms with Crippen LogP contribution < -0.4 is 10.6 Å². The van der Waals surface area contributed by atoms with E-state index in [0.717, 1.165) is 79.1 Å². The number of thiophene rings is 1. The summed E-state index contributed by atoms with van der Waals surface area (Å²) in [4.78, 5) is 75.8. The maximum absolute atomic E-state index is 14.1. The molecule has 0 saturated carbocycles. The van der Waals surface area contributed by atoms with Crippen molar-refractivity contribution in [3.63, 3.8) is 0 Å². The van der Waals surface area contributed by atoms with E-state index in [9.17, 15) is 19.2 Å². The Bertz CT molecular complexity index is 2240. The number of imidazole rings is 2. The number of fused-ring (bicyclic) bond motifs is 1. The highest BCUT2D eigenvalue weighted by Gasteiger charge is 2.42. The molecule has 0 radical (unpaired) electrons. The number of benzene rings is 1. The molecular formula is C45H56N8O8S. The lowest BCUT2D eigenvalue weighted by Gasteiger charge is -2.34. The highest BCUT2D eigenvalue weighted by Crippen LogP contribution is 2.47. The first kappa shape index (κ1) is 42.1. The number of H-pyrrole nitrogens is 2. The largest absolute Gasteiger partial charge is 0.453 e. The van der Waals surface area contributed by atoms with Crippen LogP contribution in [0.15, 0.2) is 36.7 Å². The van der Waals surface area contributed by atoms with Crippen molar-refractivity contribution in [2.24, 2.45) is 11.8 Å². The Morgan fingerprint density at radius 1 is 0.661 bits per heavy atom. The van der Waals surface area contributed by atoms with E-state index in [1.807, 2.05) is 22.2 Å². The second-order valence-corrected chi connectivity index (χ2v) is 18.0. The van der Waals surface area contributed by atoms with E-state index in [1.165, 1.54) is 35.1 Å². The standard InChI is InChI=1S/C45H56N8O8S/c1-58-44(56)50-36(27-14-20-60-21-15-27)42(54)52-18-4-8-34(52)40-46-24-32(48-40)26-10-12-29(13-11-26)38-30-6-3-7-31(30)39(62-38)33-25-47-41(49-33)35-9-5-19-53(35)43(55)37(51-45(57)59-2)28-16-22-61-23-17-28/h10-13,24-25,27-28,34-37H,3-9,14-23H2,1-2H3,(H,46,48)(H,47,49)(H,50,56)(H,51,57)/t34-,35-,36?,37?/m0/s1. The lowest BCUT2D eigenvalue weighted by Crippen LogP contribution is -2.53. The van der Waals surface area contributed by atoms with Gasteiger partial charge in [0.05, 0.1) is 55.0 Å². The van der Waals surface area contributed by atoms with Gasteiger partial charge in [0.2, 0.25) is 11.8 Å². The van der Waals surface area contributed by atoms with Gasteiger partial charge < -0.3 is 49.3 Å². The van der Waals surface area contributed by atoms with Gasteiger partial charge in [-0.1, -0.05) is 24.3 Å². The zero-order valence-electron chi connectivity index (χ0n) is 35.4. The Balaban J connectivity index is 0.904. The van der Waals surface area contributed by atoms with Gasteiger partial charge >= 0.3 is 12.2 Å². The highest BCUT2D eigenvalue weighted by atomic mass is 32.1. The average Bonchev–Trinajstić information content (AvgIpc) is 4.17. The monoisotopic (exact) mass is 868 g/mol. The number of methoxy groups -OCH3 is 2. The summed E-state index contributed by atoms with van der Waals surface area (Å²) in [5.74, 6) is 1.24. The Hall–Kier alpha value is -5.26. The molecule has 1 aromatic carbocycles. The van der Waals surface area contributed by atoms with Gasteiger partial charge in [-0.3, -0.25) is 9.59 Å². The summed E-state index contributed by atoms with van der Waals surface area (Å²) in [6.45, 7) is 3.44. The molecule has 4 aromatic rings. The predicted molar refractivity (Wildman–Crippen MR) is 230 cm³/mol. The van der Waals surface area contributed by atoms with Gasteiger partial charge in [0.1, 0.15) is 23.7 Å². The van der Waals surface area contributed by atoms with Crippen LogP contribution >= 0.6 is 11.3 Å². The molecule has 4 amide bonds. The fourth-order valence-corrected chi connectivity index (χ4v) is 11.6. The van der Waals surface area contributed by atoms with Crippen LogP contribution in [0.5, 0.6) is 0 Å². The molecular weight excluding hydrogens is 813 g/mol. The Labute approximate surface area is 364 Å². The summed E-state index contributed by atoms with van der Waals surface area (Å²) in [6, 6.07) is 6.78. The van der Waals surface area contributed by atoms with Crippen LogP contribution in [0.4, 0.5) is 9.59 Å². The van der Waals surface area contributed by atoms with Gasteiger partial charge in [0.25, 0.3) is 0 Å². The molecule has 3 aromatic heterocycles. The van der Waals surface area contributed by atoms with E-state index in [0.29, 0.717) is 65.2 Å². The molecule has 2 unspecified atom stereocenters. The SMILES string of the molecule is COC(=O)NC(C(=O)N1CCC[C@H]1c1ncc(-c2ccc(-c3sc(-c4cnc([C@@H]5CCCN5C(=O)C(NC(=O)OC)C5CCOCC5)[nH]4)c4c3CCC4)cc2)[nH]1)C1CCOCC1. The first-order chi connectivity index (χ1) is 30.3. The van der Waals surface area contributed by atoms with E-state index >= 15 is 0 Å². The number of ether oxygens (including phenoxy) is 4. The van der Waals surface area contributed by atoms with Crippen molar-refractivity contribution in [1.29, 1.82) is 0 Å². The molecule has 16 nitrogen and oxygen atoms in total. The summed E-state index contributed by atoms with van der Waals surface area (Å²) in [7, 11) is 2.63. The van der Waals surface area contributed by atoms with E-state index in [1.54, 1.807) is 11.3 Å². The third-order valence-electron chi connectivity index (χ3n) is 13.5. The van der Waals surface area contributed by atoms with Crippen molar-refractivity contribution < 1.29 is 38.1 Å². The molecule has 4 saturated heterocycles. The minimum absolute atomic E-state index is 0.0262. The molecule has 4 atom stereocenters. The Morgan fingerprint density at radius 2 is 1.13 bits per heavy atom. The minimum Gasteiger partial charge on any atom is -0.453 e. The molecule has 5 aliphatic rings. The van der Waals surface area contributed by atoms with Crippen LogP contribution in [0.3, 0.4) is 0 Å². The molecule has 330 valence electrons. The number of aromatic nitrogens is 4. The van der Waals surface area contributed by atoms with E-state index in [2.05, 4.69) is 44.9 Å².